The van der Waals surface area contributed by atoms with Crippen molar-refractivity contribution in [2.24, 2.45) is 5.10 Å². The Bertz CT molecular complexity index is 1150. The first-order valence-electron chi connectivity index (χ1n) is 9.35. The van der Waals surface area contributed by atoms with Crippen LogP contribution in [0.25, 0.3) is 11.3 Å². The van der Waals surface area contributed by atoms with Crippen molar-refractivity contribution in [3.05, 3.63) is 94.3 Å². The van der Waals surface area contributed by atoms with E-state index in [1.54, 1.807) is 19.4 Å². The second-order valence-electron chi connectivity index (χ2n) is 6.52. The summed E-state index contributed by atoms with van der Waals surface area (Å²) < 4.78 is 7.22. The van der Waals surface area contributed by atoms with Crippen LogP contribution < -0.4 is 10.2 Å². The Morgan fingerprint density at radius 1 is 1.17 bits per heavy atom. The number of nitrogens with one attached hydrogen (secondary N) is 1. The molecule has 0 bridgehead atoms. The van der Waals surface area contributed by atoms with Crippen LogP contribution in [0.1, 0.15) is 20.8 Å². The highest BCUT2D eigenvalue weighted by Gasteiger charge is 2.12. The zero-order chi connectivity index (χ0) is 20.8. The second-order valence-corrected chi connectivity index (χ2v) is 7.47. The maximum Gasteiger partial charge on any atom is 0.281 e. The zero-order valence-corrected chi connectivity index (χ0v) is 17.2. The number of methoxy groups -OCH3 is 1. The number of hydrazone groups is 1. The highest BCUT2D eigenvalue weighted by Crippen LogP contribution is 2.25. The molecule has 0 aliphatic rings. The SMILES string of the molecule is COc1cccc(-c2nn(Cc3ccccc3)cc2/C=N\NC(=O)c2cccs2)c1. The lowest BCUT2D eigenvalue weighted by molar-refractivity contribution is 0.0959. The number of benzene rings is 2. The van der Waals surface area contributed by atoms with E-state index < -0.39 is 0 Å². The highest BCUT2D eigenvalue weighted by molar-refractivity contribution is 7.12. The summed E-state index contributed by atoms with van der Waals surface area (Å²) in [5.74, 6) is 0.514. The van der Waals surface area contributed by atoms with Crippen molar-refractivity contribution in [3.8, 4) is 17.0 Å². The van der Waals surface area contributed by atoms with Crippen molar-refractivity contribution >= 4 is 23.5 Å². The Balaban J connectivity index is 1.62. The first-order valence-corrected chi connectivity index (χ1v) is 10.2. The number of thiophene rings is 1. The fraction of sp³-hybridized carbons (Fsp3) is 0.0870. The molecule has 0 atom stereocenters. The Morgan fingerprint density at radius 2 is 2.03 bits per heavy atom. The summed E-state index contributed by atoms with van der Waals surface area (Å²) >= 11 is 1.37. The Hall–Kier alpha value is -3.71. The molecule has 0 saturated heterocycles. The third-order valence-electron chi connectivity index (χ3n) is 4.44. The molecule has 0 fully saturated rings. The van der Waals surface area contributed by atoms with Gasteiger partial charge >= 0.3 is 0 Å². The van der Waals surface area contributed by atoms with Gasteiger partial charge in [-0.3, -0.25) is 9.48 Å². The van der Waals surface area contributed by atoms with Crippen molar-refractivity contribution in [2.75, 3.05) is 7.11 Å². The molecular weight excluding hydrogens is 396 g/mol. The number of amides is 1. The number of nitrogens with zero attached hydrogens (tertiary/aromatic N) is 3. The quantitative estimate of drug-likeness (QED) is 0.358. The molecule has 0 radical (unpaired) electrons. The van der Waals surface area contributed by atoms with Gasteiger partial charge in [-0.15, -0.1) is 11.3 Å². The second kappa shape index (κ2) is 9.19. The molecule has 0 aliphatic carbocycles. The van der Waals surface area contributed by atoms with Crippen molar-refractivity contribution in [1.29, 1.82) is 0 Å². The summed E-state index contributed by atoms with van der Waals surface area (Å²) in [4.78, 5) is 12.7. The van der Waals surface area contributed by atoms with Gasteiger partial charge in [-0.05, 0) is 29.1 Å². The van der Waals surface area contributed by atoms with E-state index in [4.69, 9.17) is 9.84 Å². The normalized spacial score (nSPS) is 11.0. The molecule has 0 spiro atoms. The molecule has 1 amide bonds. The van der Waals surface area contributed by atoms with Crippen LogP contribution in [-0.4, -0.2) is 29.0 Å². The number of aromatic nitrogens is 2. The largest absolute Gasteiger partial charge is 0.497 e. The fourth-order valence-electron chi connectivity index (χ4n) is 3.00. The number of carbonyl (C=O) groups is 1. The molecule has 150 valence electrons. The van der Waals surface area contributed by atoms with Gasteiger partial charge in [0, 0.05) is 17.3 Å². The number of rotatable bonds is 7. The third-order valence-corrected chi connectivity index (χ3v) is 5.30. The van der Waals surface area contributed by atoms with E-state index in [9.17, 15) is 4.79 Å². The van der Waals surface area contributed by atoms with Crippen LogP contribution >= 0.6 is 11.3 Å². The summed E-state index contributed by atoms with van der Waals surface area (Å²) in [6.07, 6.45) is 3.54. The van der Waals surface area contributed by atoms with Crippen LogP contribution in [0.5, 0.6) is 5.75 Å². The predicted octanol–water partition coefficient (Wildman–Crippen LogP) is 4.43. The van der Waals surface area contributed by atoms with Gasteiger partial charge in [0.2, 0.25) is 0 Å². The molecule has 1 N–H and O–H groups in total. The maximum atomic E-state index is 12.1. The minimum atomic E-state index is -0.235. The molecule has 4 aromatic rings. The molecule has 4 rings (SSSR count). The molecule has 6 nitrogen and oxygen atoms in total. The Labute approximate surface area is 178 Å². The smallest absolute Gasteiger partial charge is 0.281 e. The monoisotopic (exact) mass is 416 g/mol. The van der Waals surface area contributed by atoms with Crippen LogP contribution in [-0.2, 0) is 6.54 Å². The van der Waals surface area contributed by atoms with Gasteiger partial charge in [0.25, 0.3) is 5.91 Å². The van der Waals surface area contributed by atoms with Crippen LogP contribution in [0, 0.1) is 0 Å². The van der Waals surface area contributed by atoms with E-state index >= 15 is 0 Å². The van der Waals surface area contributed by atoms with Crippen LogP contribution in [0.4, 0.5) is 0 Å². The topological polar surface area (TPSA) is 68.5 Å². The molecule has 2 heterocycles. The lowest BCUT2D eigenvalue weighted by atomic mass is 10.1. The number of hydrogen-bond donors (Lipinski definition) is 1. The molecule has 30 heavy (non-hydrogen) atoms. The molecule has 7 heteroatoms. The van der Waals surface area contributed by atoms with Gasteiger partial charge < -0.3 is 4.74 Å². The van der Waals surface area contributed by atoms with Gasteiger partial charge in [-0.2, -0.15) is 10.2 Å². The summed E-state index contributed by atoms with van der Waals surface area (Å²) in [7, 11) is 1.63. The van der Waals surface area contributed by atoms with Crippen LogP contribution in [0.3, 0.4) is 0 Å². The van der Waals surface area contributed by atoms with E-state index in [0.29, 0.717) is 11.4 Å². The third kappa shape index (κ3) is 4.64. The van der Waals surface area contributed by atoms with Crippen LogP contribution in [0.15, 0.2) is 83.4 Å². The number of ether oxygens (including phenoxy) is 1. The predicted molar refractivity (Wildman–Crippen MR) is 119 cm³/mol. The first-order chi connectivity index (χ1) is 14.7. The summed E-state index contributed by atoms with van der Waals surface area (Å²) in [5.41, 5.74) is 6.19. The molecule has 0 saturated carbocycles. The Morgan fingerprint density at radius 3 is 2.80 bits per heavy atom. The standard InChI is InChI=1S/C23H20N4O2S/c1-29-20-10-5-9-18(13-20)22-19(14-24-25-23(28)21-11-6-12-30-21)16-27(26-22)15-17-7-3-2-4-8-17/h2-14,16H,15H2,1H3,(H,25,28)/b24-14-. The van der Waals surface area contributed by atoms with Crippen molar-refractivity contribution < 1.29 is 9.53 Å². The van der Waals surface area contributed by atoms with Crippen LogP contribution in [0.2, 0.25) is 0 Å². The van der Waals surface area contributed by atoms with Crippen molar-refractivity contribution in [3.63, 3.8) is 0 Å². The van der Waals surface area contributed by atoms with Gasteiger partial charge in [0.15, 0.2) is 0 Å². The average molecular weight is 417 g/mol. The summed E-state index contributed by atoms with van der Waals surface area (Å²) in [5, 5.41) is 10.8. The minimum Gasteiger partial charge on any atom is -0.497 e. The highest BCUT2D eigenvalue weighted by atomic mass is 32.1. The molecule has 2 aromatic carbocycles. The average Bonchev–Trinajstić information content (AvgIpc) is 3.45. The van der Waals surface area contributed by atoms with Crippen molar-refractivity contribution in [1.82, 2.24) is 15.2 Å². The Kier molecular flexibility index (Phi) is 6.01. The minimum absolute atomic E-state index is 0.235. The molecule has 0 aliphatic heterocycles. The number of carbonyl (C=O) groups excluding carboxylic acids is 1. The van der Waals surface area contributed by atoms with Gasteiger partial charge in [0.1, 0.15) is 11.4 Å². The van der Waals surface area contributed by atoms with E-state index in [0.717, 1.165) is 28.1 Å². The summed E-state index contributed by atoms with van der Waals surface area (Å²) in [6.45, 7) is 0.632. The molecule has 2 aromatic heterocycles. The lowest BCUT2D eigenvalue weighted by Gasteiger charge is -2.03. The summed E-state index contributed by atoms with van der Waals surface area (Å²) in [6, 6.07) is 21.4. The zero-order valence-electron chi connectivity index (χ0n) is 16.4. The maximum absolute atomic E-state index is 12.1. The van der Waals surface area contributed by atoms with E-state index in [1.165, 1.54) is 11.3 Å². The van der Waals surface area contributed by atoms with Gasteiger partial charge in [-0.25, -0.2) is 5.43 Å². The van der Waals surface area contributed by atoms with Gasteiger partial charge in [0.05, 0.1) is 24.7 Å². The van der Waals surface area contributed by atoms with E-state index in [2.05, 4.69) is 22.7 Å². The molecular formula is C23H20N4O2S. The van der Waals surface area contributed by atoms with Crippen molar-refractivity contribution in [2.45, 2.75) is 6.54 Å². The van der Waals surface area contributed by atoms with Gasteiger partial charge in [-0.1, -0.05) is 48.5 Å². The van der Waals surface area contributed by atoms with E-state index in [-0.39, 0.29) is 5.91 Å². The molecule has 0 unspecified atom stereocenters. The van der Waals surface area contributed by atoms with E-state index in [1.807, 2.05) is 64.8 Å². The fourth-order valence-corrected chi connectivity index (χ4v) is 3.61. The number of hydrogen-bond acceptors (Lipinski definition) is 5. The first kappa shape index (κ1) is 19.6. The lowest BCUT2D eigenvalue weighted by Crippen LogP contribution is -2.16.